The molecule has 0 spiro atoms. The summed E-state index contributed by atoms with van der Waals surface area (Å²) in [7, 11) is 1.81. The summed E-state index contributed by atoms with van der Waals surface area (Å²) in [4.78, 5) is 16.9. The third-order valence-corrected chi connectivity index (χ3v) is 3.37. The third kappa shape index (κ3) is 2.63. The van der Waals surface area contributed by atoms with Crippen LogP contribution in [-0.2, 0) is 7.05 Å². The molecule has 0 atom stereocenters. The van der Waals surface area contributed by atoms with Gasteiger partial charge in [0.15, 0.2) is 0 Å². The first-order chi connectivity index (χ1) is 10.0. The van der Waals surface area contributed by atoms with Crippen molar-refractivity contribution in [3.8, 4) is 0 Å². The van der Waals surface area contributed by atoms with E-state index in [0.29, 0.717) is 11.3 Å². The highest BCUT2D eigenvalue weighted by Crippen LogP contribution is 2.19. The fourth-order valence-electron chi connectivity index (χ4n) is 2.29. The van der Waals surface area contributed by atoms with Gasteiger partial charge in [0.25, 0.3) is 5.91 Å². The Hall–Kier alpha value is -2.69. The Bertz CT molecular complexity index is 835. The molecule has 3 rings (SSSR count). The van der Waals surface area contributed by atoms with Crippen LogP contribution < -0.4 is 5.32 Å². The molecule has 5 nitrogen and oxygen atoms in total. The van der Waals surface area contributed by atoms with Gasteiger partial charge >= 0.3 is 0 Å². The van der Waals surface area contributed by atoms with Crippen LogP contribution in [0.2, 0.25) is 0 Å². The van der Waals surface area contributed by atoms with Crippen molar-refractivity contribution in [2.75, 3.05) is 5.32 Å². The predicted octanol–water partition coefficient (Wildman–Crippen LogP) is 2.84. The van der Waals surface area contributed by atoms with Gasteiger partial charge in [-0.3, -0.25) is 14.5 Å². The Kier molecular flexibility index (Phi) is 3.17. The van der Waals surface area contributed by atoms with Crippen LogP contribution in [0.15, 0.2) is 36.7 Å². The molecular weight excluding hydrogens is 264 g/mol. The SMILES string of the molecule is Cc1ccc2cc(C(=O)Nc3cnn(C)c3)c(C)nc2c1. The molecule has 0 aliphatic heterocycles. The molecule has 0 saturated heterocycles. The summed E-state index contributed by atoms with van der Waals surface area (Å²) in [5.74, 6) is -0.171. The lowest BCUT2D eigenvalue weighted by Gasteiger charge is -2.08. The van der Waals surface area contributed by atoms with Gasteiger partial charge in [-0.25, -0.2) is 0 Å². The molecule has 0 unspecified atom stereocenters. The molecule has 3 aromatic rings. The summed E-state index contributed by atoms with van der Waals surface area (Å²) < 4.78 is 1.64. The minimum Gasteiger partial charge on any atom is -0.319 e. The van der Waals surface area contributed by atoms with Crippen molar-refractivity contribution in [3.63, 3.8) is 0 Å². The maximum Gasteiger partial charge on any atom is 0.257 e. The summed E-state index contributed by atoms with van der Waals surface area (Å²) in [6.45, 7) is 3.87. The molecule has 2 heterocycles. The van der Waals surface area contributed by atoms with E-state index in [1.54, 1.807) is 24.1 Å². The summed E-state index contributed by atoms with van der Waals surface area (Å²) in [6, 6.07) is 7.90. The number of benzene rings is 1. The van der Waals surface area contributed by atoms with Crippen LogP contribution in [0.4, 0.5) is 5.69 Å². The summed E-state index contributed by atoms with van der Waals surface area (Å²) in [5.41, 5.74) is 4.03. The molecule has 21 heavy (non-hydrogen) atoms. The first kappa shape index (κ1) is 13.3. The summed E-state index contributed by atoms with van der Waals surface area (Å²) >= 11 is 0. The van der Waals surface area contributed by atoms with Gasteiger partial charge in [-0.15, -0.1) is 0 Å². The number of hydrogen-bond acceptors (Lipinski definition) is 3. The largest absolute Gasteiger partial charge is 0.319 e. The number of pyridine rings is 1. The quantitative estimate of drug-likeness (QED) is 0.785. The van der Waals surface area contributed by atoms with Gasteiger partial charge in [0, 0.05) is 18.6 Å². The van der Waals surface area contributed by atoms with Gasteiger partial charge < -0.3 is 5.32 Å². The minimum absolute atomic E-state index is 0.171. The van der Waals surface area contributed by atoms with E-state index in [9.17, 15) is 4.79 Å². The van der Waals surface area contributed by atoms with Crippen LogP contribution in [0.5, 0.6) is 0 Å². The van der Waals surface area contributed by atoms with Gasteiger partial charge in [0.2, 0.25) is 0 Å². The topological polar surface area (TPSA) is 59.8 Å². The molecule has 0 saturated carbocycles. The van der Waals surface area contributed by atoms with Crippen molar-refractivity contribution in [3.05, 3.63) is 53.5 Å². The molecule has 2 aromatic heterocycles. The van der Waals surface area contributed by atoms with E-state index in [0.717, 1.165) is 22.2 Å². The number of aryl methyl sites for hydroxylation is 3. The summed E-state index contributed by atoms with van der Waals surface area (Å²) in [6.07, 6.45) is 3.37. The van der Waals surface area contributed by atoms with Crippen LogP contribution in [0.3, 0.4) is 0 Å². The van der Waals surface area contributed by atoms with E-state index in [2.05, 4.69) is 15.4 Å². The number of nitrogens with zero attached hydrogens (tertiary/aromatic N) is 3. The fourth-order valence-corrected chi connectivity index (χ4v) is 2.29. The highest BCUT2D eigenvalue weighted by Gasteiger charge is 2.12. The average molecular weight is 280 g/mol. The molecule has 1 amide bonds. The maximum absolute atomic E-state index is 12.4. The smallest absolute Gasteiger partial charge is 0.257 e. The molecule has 0 radical (unpaired) electrons. The lowest BCUT2D eigenvalue weighted by atomic mass is 10.1. The van der Waals surface area contributed by atoms with Crippen LogP contribution in [0.25, 0.3) is 10.9 Å². The standard InChI is InChI=1S/C16H16N4O/c1-10-4-5-12-7-14(11(2)18-15(12)6-10)16(21)19-13-8-17-20(3)9-13/h4-9H,1-3H3,(H,19,21). The Labute approximate surface area is 122 Å². The molecular formula is C16H16N4O. The highest BCUT2D eigenvalue weighted by molar-refractivity contribution is 6.06. The molecule has 0 fully saturated rings. The second-order valence-electron chi connectivity index (χ2n) is 5.17. The zero-order valence-corrected chi connectivity index (χ0v) is 12.2. The van der Waals surface area contributed by atoms with Crippen molar-refractivity contribution in [1.82, 2.24) is 14.8 Å². The zero-order chi connectivity index (χ0) is 15.0. The lowest BCUT2D eigenvalue weighted by Crippen LogP contribution is -2.13. The van der Waals surface area contributed by atoms with Crippen LogP contribution in [-0.4, -0.2) is 20.7 Å². The van der Waals surface area contributed by atoms with Crippen molar-refractivity contribution >= 4 is 22.5 Å². The molecule has 1 N–H and O–H groups in total. The number of hydrogen-bond donors (Lipinski definition) is 1. The van der Waals surface area contributed by atoms with E-state index in [1.807, 2.05) is 38.1 Å². The van der Waals surface area contributed by atoms with Gasteiger partial charge in [-0.2, -0.15) is 5.10 Å². The van der Waals surface area contributed by atoms with E-state index in [-0.39, 0.29) is 5.91 Å². The molecule has 0 aliphatic carbocycles. The molecule has 5 heteroatoms. The maximum atomic E-state index is 12.4. The van der Waals surface area contributed by atoms with E-state index < -0.39 is 0 Å². The number of carbonyl (C=O) groups excluding carboxylic acids is 1. The Morgan fingerprint density at radius 2 is 2.05 bits per heavy atom. The van der Waals surface area contributed by atoms with Crippen molar-refractivity contribution < 1.29 is 4.79 Å². The Morgan fingerprint density at radius 1 is 1.24 bits per heavy atom. The first-order valence-corrected chi connectivity index (χ1v) is 6.71. The molecule has 0 aliphatic rings. The van der Waals surface area contributed by atoms with Crippen LogP contribution >= 0.6 is 0 Å². The molecule has 1 aromatic carbocycles. The highest BCUT2D eigenvalue weighted by atomic mass is 16.1. The number of carbonyl (C=O) groups is 1. The van der Waals surface area contributed by atoms with Crippen molar-refractivity contribution in [2.45, 2.75) is 13.8 Å². The first-order valence-electron chi connectivity index (χ1n) is 6.71. The average Bonchev–Trinajstić information content (AvgIpc) is 2.83. The Balaban J connectivity index is 1.97. The van der Waals surface area contributed by atoms with Crippen molar-refractivity contribution in [1.29, 1.82) is 0 Å². The number of fused-ring (bicyclic) bond motifs is 1. The zero-order valence-electron chi connectivity index (χ0n) is 12.2. The molecule has 0 bridgehead atoms. The normalized spacial score (nSPS) is 10.8. The van der Waals surface area contributed by atoms with Crippen molar-refractivity contribution in [2.24, 2.45) is 7.05 Å². The molecule has 106 valence electrons. The second-order valence-corrected chi connectivity index (χ2v) is 5.17. The third-order valence-electron chi connectivity index (χ3n) is 3.37. The number of nitrogens with one attached hydrogen (secondary N) is 1. The van der Waals surface area contributed by atoms with Gasteiger partial charge in [-0.05, 0) is 31.5 Å². The fraction of sp³-hybridized carbons (Fsp3) is 0.188. The van der Waals surface area contributed by atoms with Crippen LogP contribution in [0, 0.1) is 13.8 Å². The van der Waals surface area contributed by atoms with Gasteiger partial charge in [-0.1, -0.05) is 12.1 Å². The van der Waals surface area contributed by atoms with Gasteiger partial charge in [0.05, 0.1) is 28.7 Å². The monoisotopic (exact) mass is 280 g/mol. The number of anilines is 1. The van der Waals surface area contributed by atoms with Crippen LogP contribution in [0.1, 0.15) is 21.6 Å². The lowest BCUT2D eigenvalue weighted by molar-refractivity contribution is 0.102. The summed E-state index contributed by atoms with van der Waals surface area (Å²) in [5, 5.41) is 7.83. The number of amides is 1. The second kappa shape index (κ2) is 5.01. The Morgan fingerprint density at radius 3 is 2.76 bits per heavy atom. The van der Waals surface area contributed by atoms with E-state index in [4.69, 9.17) is 0 Å². The number of aromatic nitrogens is 3. The van der Waals surface area contributed by atoms with E-state index >= 15 is 0 Å². The minimum atomic E-state index is -0.171. The van der Waals surface area contributed by atoms with E-state index in [1.165, 1.54) is 0 Å². The predicted molar refractivity (Wildman–Crippen MR) is 82.4 cm³/mol. The van der Waals surface area contributed by atoms with Gasteiger partial charge in [0.1, 0.15) is 0 Å². The number of rotatable bonds is 2.